The zero-order valence-corrected chi connectivity index (χ0v) is 18.9. The number of aromatic nitrogens is 2. The number of rotatable bonds is 5. The summed E-state index contributed by atoms with van der Waals surface area (Å²) in [7, 11) is 0. The number of amides is 2. The van der Waals surface area contributed by atoms with Gasteiger partial charge in [0.25, 0.3) is 5.89 Å². The first-order chi connectivity index (χ1) is 16.0. The molecule has 166 valence electrons. The van der Waals surface area contributed by atoms with Crippen molar-refractivity contribution in [2.24, 2.45) is 0 Å². The van der Waals surface area contributed by atoms with Gasteiger partial charge in [-0.25, -0.2) is 9.18 Å². The van der Waals surface area contributed by atoms with Gasteiger partial charge < -0.3 is 9.84 Å². The van der Waals surface area contributed by atoms with Gasteiger partial charge in [0.15, 0.2) is 0 Å². The van der Waals surface area contributed by atoms with Crippen LogP contribution in [0.3, 0.4) is 0 Å². The van der Waals surface area contributed by atoms with Crippen LogP contribution in [0, 0.1) is 12.7 Å². The van der Waals surface area contributed by atoms with Crippen LogP contribution in [0.5, 0.6) is 0 Å². The Bertz CT molecular complexity index is 1330. The minimum absolute atomic E-state index is 0.244. The number of nitrogens with one attached hydrogen (secondary N) is 1. The van der Waals surface area contributed by atoms with E-state index in [4.69, 9.17) is 4.52 Å². The Morgan fingerprint density at radius 2 is 1.88 bits per heavy atom. The van der Waals surface area contributed by atoms with Crippen LogP contribution in [0.4, 0.5) is 9.18 Å². The van der Waals surface area contributed by atoms with E-state index >= 15 is 0 Å². The van der Waals surface area contributed by atoms with E-state index in [0.717, 1.165) is 21.6 Å². The predicted octanol–water partition coefficient (Wildman–Crippen LogP) is 5.94. The minimum atomic E-state index is -0.553. The fraction of sp³-hybridized carbons (Fsp3) is 0.160. The van der Waals surface area contributed by atoms with Crippen molar-refractivity contribution in [1.29, 1.82) is 0 Å². The van der Waals surface area contributed by atoms with E-state index in [0.29, 0.717) is 29.5 Å². The maximum atomic E-state index is 13.6. The van der Waals surface area contributed by atoms with Crippen molar-refractivity contribution in [3.63, 3.8) is 0 Å². The molecule has 0 bridgehead atoms. The van der Waals surface area contributed by atoms with Gasteiger partial charge in [-0.2, -0.15) is 4.98 Å². The molecule has 8 heteroatoms. The summed E-state index contributed by atoms with van der Waals surface area (Å²) in [6, 6.07) is 17.1. The Labute approximate surface area is 194 Å². The number of urea groups is 1. The second-order valence-electron chi connectivity index (χ2n) is 7.85. The second-order valence-corrected chi connectivity index (χ2v) is 8.79. The summed E-state index contributed by atoms with van der Waals surface area (Å²) in [6.07, 6.45) is 0. The van der Waals surface area contributed by atoms with Crippen LogP contribution in [0.2, 0.25) is 0 Å². The molecule has 3 heterocycles. The first-order valence-electron chi connectivity index (χ1n) is 10.5. The molecule has 4 aromatic rings. The third-order valence-electron chi connectivity index (χ3n) is 5.79. The van der Waals surface area contributed by atoms with Crippen LogP contribution in [0.15, 0.2) is 76.3 Å². The molecule has 1 atom stereocenters. The summed E-state index contributed by atoms with van der Waals surface area (Å²) in [5, 5.41) is 9.14. The molecule has 1 unspecified atom stereocenters. The molecule has 1 aliphatic rings. The molecule has 0 fully saturated rings. The lowest BCUT2D eigenvalue weighted by Gasteiger charge is -2.35. The molecule has 5 rings (SSSR count). The highest BCUT2D eigenvalue weighted by Gasteiger charge is 2.36. The fourth-order valence-corrected chi connectivity index (χ4v) is 4.60. The van der Waals surface area contributed by atoms with Crippen LogP contribution >= 0.6 is 11.3 Å². The van der Waals surface area contributed by atoms with Crippen LogP contribution in [0.25, 0.3) is 16.3 Å². The number of nitrogens with zero attached hydrogens (tertiary/aromatic N) is 3. The lowest BCUT2D eigenvalue weighted by molar-refractivity contribution is 0.203. The van der Waals surface area contributed by atoms with Gasteiger partial charge >= 0.3 is 6.03 Å². The molecule has 2 aromatic heterocycles. The van der Waals surface area contributed by atoms with E-state index in [1.807, 2.05) is 55.6 Å². The van der Waals surface area contributed by atoms with Gasteiger partial charge in [-0.1, -0.05) is 47.6 Å². The number of hydrogen-bond donors (Lipinski definition) is 1. The number of allylic oxidation sites excluding steroid dienone is 1. The lowest BCUT2D eigenvalue weighted by Crippen LogP contribution is -2.45. The van der Waals surface area contributed by atoms with Gasteiger partial charge in [0.05, 0.1) is 23.0 Å². The van der Waals surface area contributed by atoms with Gasteiger partial charge in [-0.05, 0) is 54.1 Å². The molecule has 0 radical (unpaired) electrons. The number of hydrogen-bond acceptors (Lipinski definition) is 5. The normalized spacial score (nSPS) is 16.3. The number of thiophene rings is 1. The highest BCUT2D eigenvalue weighted by atomic mass is 32.1. The molecule has 33 heavy (non-hydrogen) atoms. The first-order valence-corrected chi connectivity index (χ1v) is 11.4. The molecular weight excluding hydrogens is 439 g/mol. The van der Waals surface area contributed by atoms with Crippen molar-refractivity contribution in [3.05, 3.63) is 100 Å². The Morgan fingerprint density at radius 1 is 1.09 bits per heavy atom. The van der Waals surface area contributed by atoms with E-state index in [9.17, 15) is 9.18 Å². The van der Waals surface area contributed by atoms with Crippen LogP contribution in [-0.4, -0.2) is 21.1 Å². The summed E-state index contributed by atoms with van der Waals surface area (Å²) in [5.41, 5.74) is 4.25. The standard InChI is InChI=1S/C25H21FN4O2S/c1-15-6-3-4-7-18(15)14-30-16(2)21(24-28-23(29-32-24)20-8-5-13-33-20)22(27-25(30)31)17-9-11-19(26)12-10-17/h3-13,22H,14H2,1-2H3,(H,27,31). The maximum absolute atomic E-state index is 13.6. The monoisotopic (exact) mass is 460 g/mol. The number of halogens is 1. The van der Waals surface area contributed by atoms with Crippen molar-refractivity contribution in [1.82, 2.24) is 20.4 Å². The Morgan fingerprint density at radius 3 is 2.61 bits per heavy atom. The summed E-state index contributed by atoms with van der Waals surface area (Å²) in [6.45, 7) is 4.29. The molecule has 0 saturated heterocycles. The van der Waals surface area contributed by atoms with Crippen molar-refractivity contribution in [2.75, 3.05) is 0 Å². The number of carbonyl (C=O) groups is 1. The van der Waals surface area contributed by atoms with Crippen molar-refractivity contribution >= 4 is 22.9 Å². The van der Waals surface area contributed by atoms with Gasteiger partial charge in [0.2, 0.25) is 5.82 Å². The van der Waals surface area contributed by atoms with Crippen molar-refractivity contribution in [2.45, 2.75) is 26.4 Å². The van der Waals surface area contributed by atoms with Gasteiger partial charge in [0.1, 0.15) is 5.82 Å². The minimum Gasteiger partial charge on any atom is -0.334 e. The quantitative estimate of drug-likeness (QED) is 0.400. The molecule has 6 nitrogen and oxygen atoms in total. The summed E-state index contributed by atoms with van der Waals surface area (Å²) in [5.74, 6) is 0.461. The summed E-state index contributed by atoms with van der Waals surface area (Å²) in [4.78, 5) is 20.4. The third-order valence-corrected chi connectivity index (χ3v) is 6.65. The molecule has 0 saturated carbocycles. The number of carbonyl (C=O) groups excluding carboxylic acids is 1. The molecule has 1 aliphatic heterocycles. The molecule has 0 aliphatic carbocycles. The average molecular weight is 461 g/mol. The van der Waals surface area contributed by atoms with E-state index in [1.54, 1.807) is 17.0 Å². The molecule has 2 amide bonds. The first kappa shape index (κ1) is 21.1. The van der Waals surface area contributed by atoms with E-state index in [-0.39, 0.29) is 11.8 Å². The van der Waals surface area contributed by atoms with E-state index in [1.165, 1.54) is 23.5 Å². The van der Waals surface area contributed by atoms with Crippen molar-refractivity contribution < 1.29 is 13.7 Å². The van der Waals surface area contributed by atoms with Crippen LogP contribution in [-0.2, 0) is 6.54 Å². The van der Waals surface area contributed by atoms with Crippen LogP contribution < -0.4 is 5.32 Å². The Kier molecular flexibility index (Phi) is 5.51. The largest absolute Gasteiger partial charge is 0.334 e. The topological polar surface area (TPSA) is 71.3 Å². The number of benzene rings is 2. The SMILES string of the molecule is CC1=C(c2nc(-c3cccs3)no2)C(c2ccc(F)cc2)NC(=O)N1Cc1ccccc1C. The highest BCUT2D eigenvalue weighted by Crippen LogP contribution is 2.38. The molecular formula is C25H21FN4O2S. The van der Waals surface area contributed by atoms with Crippen LogP contribution in [0.1, 0.15) is 35.5 Å². The van der Waals surface area contributed by atoms with E-state index in [2.05, 4.69) is 15.5 Å². The fourth-order valence-electron chi connectivity index (χ4n) is 3.95. The molecule has 2 aromatic carbocycles. The van der Waals surface area contributed by atoms with E-state index < -0.39 is 6.04 Å². The zero-order chi connectivity index (χ0) is 22.9. The number of aryl methyl sites for hydroxylation is 1. The summed E-state index contributed by atoms with van der Waals surface area (Å²) < 4.78 is 19.2. The summed E-state index contributed by atoms with van der Waals surface area (Å²) >= 11 is 1.52. The van der Waals surface area contributed by atoms with Gasteiger partial charge in [-0.3, -0.25) is 4.90 Å². The smallest absolute Gasteiger partial charge is 0.322 e. The highest BCUT2D eigenvalue weighted by molar-refractivity contribution is 7.13. The average Bonchev–Trinajstić information content (AvgIpc) is 3.50. The zero-order valence-electron chi connectivity index (χ0n) is 18.1. The lowest BCUT2D eigenvalue weighted by atomic mass is 9.94. The Balaban J connectivity index is 1.61. The van der Waals surface area contributed by atoms with Gasteiger partial charge in [0, 0.05) is 5.70 Å². The molecule has 0 spiro atoms. The predicted molar refractivity (Wildman–Crippen MR) is 125 cm³/mol. The second kappa shape index (κ2) is 8.63. The maximum Gasteiger partial charge on any atom is 0.322 e. The van der Waals surface area contributed by atoms with Crippen molar-refractivity contribution in [3.8, 4) is 10.7 Å². The molecule has 1 N–H and O–H groups in total. The van der Waals surface area contributed by atoms with Gasteiger partial charge in [-0.15, -0.1) is 11.3 Å². The Hall–Kier alpha value is -3.78. The third kappa shape index (κ3) is 4.05.